The standard InChI is InChI=1S/C14H27NO/c1-4-12-10-15-11-14(16-12)7-5-6-13(2,3)8-9-14/h12,15H,4-11H2,1-3H3. The molecule has 16 heavy (non-hydrogen) atoms. The largest absolute Gasteiger partial charge is 0.369 e. The summed E-state index contributed by atoms with van der Waals surface area (Å²) in [6, 6.07) is 0. The van der Waals surface area contributed by atoms with E-state index in [1.165, 1.54) is 32.1 Å². The van der Waals surface area contributed by atoms with Crippen molar-refractivity contribution in [2.24, 2.45) is 5.41 Å². The SMILES string of the molecule is CCC1CNCC2(CCCC(C)(C)CC2)O1. The van der Waals surface area contributed by atoms with Gasteiger partial charge in [0, 0.05) is 13.1 Å². The van der Waals surface area contributed by atoms with E-state index in [2.05, 4.69) is 26.1 Å². The highest BCUT2D eigenvalue weighted by Gasteiger charge is 2.39. The first-order valence-corrected chi connectivity index (χ1v) is 6.94. The van der Waals surface area contributed by atoms with Crippen LogP contribution in [-0.4, -0.2) is 24.8 Å². The lowest BCUT2D eigenvalue weighted by atomic mass is 9.84. The molecule has 2 heteroatoms. The Hall–Kier alpha value is -0.0800. The molecule has 1 spiro atoms. The van der Waals surface area contributed by atoms with Crippen LogP contribution >= 0.6 is 0 Å². The van der Waals surface area contributed by atoms with Crippen LogP contribution in [-0.2, 0) is 4.74 Å². The highest BCUT2D eigenvalue weighted by atomic mass is 16.5. The molecule has 94 valence electrons. The molecular weight excluding hydrogens is 198 g/mol. The summed E-state index contributed by atoms with van der Waals surface area (Å²) in [6.45, 7) is 9.15. The first-order chi connectivity index (χ1) is 7.55. The molecule has 1 saturated heterocycles. The smallest absolute Gasteiger partial charge is 0.0810 e. The lowest BCUT2D eigenvalue weighted by molar-refractivity contribution is -0.125. The zero-order valence-electron chi connectivity index (χ0n) is 11.1. The molecule has 1 heterocycles. The van der Waals surface area contributed by atoms with Crippen LogP contribution in [0.5, 0.6) is 0 Å². The van der Waals surface area contributed by atoms with Crippen molar-refractivity contribution >= 4 is 0 Å². The van der Waals surface area contributed by atoms with E-state index in [-0.39, 0.29) is 5.60 Å². The third-order valence-electron chi connectivity index (χ3n) is 4.43. The maximum absolute atomic E-state index is 6.37. The van der Waals surface area contributed by atoms with Crippen LogP contribution in [0.2, 0.25) is 0 Å². The summed E-state index contributed by atoms with van der Waals surface area (Å²) in [5.41, 5.74) is 0.679. The summed E-state index contributed by atoms with van der Waals surface area (Å²) < 4.78 is 6.37. The van der Waals surface area contributed by atoms with E-state index in [4.69, 9.17) is 4.74 Å². The normalized spacial score (nSPS) is 39.6. The van der Waals surface area contributed by atoms with Crippen molar-refractivity contribution in [3.63, 3.8) is 0 Å². The van der Waals surface area contributed by atoms with E-state index in [9.17, 15) is 0 Å². The molecule has 1 N–H and O–H groups in total. The zero-order valence-corrected chi connectivity index (χ0v) is 11.1. The van der Waals surface area contributed by atoms with E-state index < -0.39 is 0 Å². The molecule has 1 aliphatic carbocycles. The van der Waals surface area contributed by atoms with Crippen LogP contribution in [0.3, 0.4) is 0 Å². The minimum absolute atomic E-state index is 0.159. The summed E-state index contributed by atoms with van der Waals surface area (Å²) in [5.74, 6) is 0. The number of hydrogen-bond donors (Lipinski definition) is 1. The molecule has 0 bridgehead atoms. The van der Waals surface area contributed by atoms with Crippen molar-refractivity contribution in [1.82, 2.24) is 5.32 Å². The topological polar surface area (TPSA) is 21.3 Å². The van der Waals surface area contributed by atoms with Crippen molar-refractivity contribution in [3.8, 4) is 0 Å². The van der Waals surface area contributed by atoms with Crippen molar-refractivity contribution in [2.75, 3.05) is 13.1 Å². The second kappa shape index (κ2) is 4.66. The molecule has 0 aromatic rings. The van der Waals surface area contributed by atoms with Crippen molar-refractivity contribution in [1.29, 1.82) is 0 Å². The maximum atomic E-state index is 6.37. The van der Waals surface area contributed by atoms with Gasteiger partial charge in [0.1, 0.15) is 0 Å². The molecule has 2 rings (SSSR count). The number of hydrogen-bond acceptors (Lipinski definition) is 2. The Morgan fingerprint density at radius 3 is 2.75 bits per heavy atom. The number of nitrogens with one attached hydrogen (secondary N) is 1. The Balaban J connectivity index is 2.01. The fourth-order valence-corrected chi connectivity index (χ4v) is 3.13. The van der Waals surface area contributed by atoms with Gasteiger partial charge in [0.05, 0.1) is 11.7 Å². The van der Waals surface area contributed by atoms with Gasteiger partial charge in [-0.2, -0.15) is 0 Å². The number of rotatable bonds is 1. The molecular formula is C14H27NO. The number of ether oxygens (including phenoxy) is 1. The Kier molecular flexibility index (Phi) is 3.60. The average molecular weight is 225 g/mol. The van der Waals surface area contributed by atoms with Gasteiger partial charge in [0.15, 0.2) is 0 Å². The Morgan fingerprint density at radius 2 is 2.00 bits per heavy atom. The van der Waals surface area contributed by atoms with Gasteiger partial charge in [0.2, 0.25) is 0 Å². The molecule has 2 aliphatic rings. The quantitative estimate of drug-likeness (QED) is 0.740. The van der Waals surface area contributed by atoms with Gasteiger partial charge in [-0.15, -0.1) is 0 Å². The zero-order chi connectivity index (χ0) is 11.6. The van der Waals surface area contributed by atoms with Gasteiger partial charge in [-0.1, -0.05) is 27.2 Å². The van der Waals surface area contributed by atoms with E-state index in [1.807, 2.05) is 0 Å². The fraction of sp³-hybridized carbons (Fsp3) is 1.00. The summed E-state index contributed by atoms with van der Waals surface area (Å²) in [4.78, 5) is 0. The monoisotopic (exact) mass is 225 g/mol. The molecule has 1 aliphatic heterocycles. The predicted molar refractivity (Wildman–Crippen MR) is 67.6 cm³/mol. The van der Waals surface area contributed by atoms with Crippen LogP contribution in [0.25, 0.3) is 0 Å². The average Bonchev–Trinajstić information content (AvgIpc) is 2.39. The van der Waals surface area contributed by atoms with Gasteiger partial charge < -0.3 is 10.1 Å². The van der Waals surface area contributed by atoms with Gasteiger partial charge in [-0.25, -0.2) is 0 Å². The summed E-state index contributed by atoms with van der Waals surface area (Å²) >= 11 is 0. The molecule has 0 aromatic heterocycles. The van der Waals surface area contributed by atoms with Gasteiger partial charge in [0.25, 0.3) is 0 Å². The Morgan fingerprint density at radius 1 is 1.19 bits per heavy atom. The van der Waals surface area contributed by atoms with E-state index >= 15 is 0 Å². The van der Waals surface area contributed by atoms with Crippen LogP contribution in [0.15, 0.2) is 0 Å². The van der Waals surface area contributed by atoms with E-state index in [0.717, 1.165) is 19.5 Å². The molecule has 0 aromatic carbocycles. The summed E-state index contributed by atoms with van der Waals surface area (Å²) in [5, 5.41) is 3.58. The molecule has 0 amide bonds. The van der Waals surface area contributed by atoms with Crippen molar-refractivity contribution in [2.45, 2.75) is 71.0 Å². The second-order valence-electron chi connectivity index (χ2n) is 6.48. The van der Waals surface area contributed by atoms with Crippen LogP contribution in [0.1, 0.15) is 59.3 Å². The molecule has 2 atom stereocenters. The first-order valence-electron chi connectivity index (χ1n) is 6.94. The van der Waals surface area contributed by atoms with Crippen LogP contribution < -0.4 is 5.32 Å². The van der Waals surface area contributed by atoms with Crippen LogP contribution in [0.4, 0.5) is 0 Å². The minimum Gasteiger partial charge on any atom is -0.369 e. The van der Waals surface area contributed by atoms with Gasteiger partial charge in [-0.3, -0.25) is 0 Å². The third-order valence-corrected chi connectivity index (χ3v) is 4.43. The molecule has 0 radical (unpaired) electrons. The summed E-state index contributed by atoms with van der Waals surface area (Å²) in [7, 11) is 0. The second-order valence-corrected chi connectivity index (χ2v) is 6.48. The molecule has 2 unspecified atom stereocenters. The highest BCUT2D eigenvalue weighted by Crippen LogP contribution is 2.40. The van der Waals surface area contributed by atoms with Crippen molar-refractivity contribution < 1.29 is 4.74 Å². The minimum atomic E-state index is 0.159. The van der Waals surface area contributed by atoms with E-state index in [0.29, 0.717) is 11.5 Å². The molecule has 2 fully saturated rings. The molecule has 2 nitrogen and oxygen atoms in total. The van der Waals surface area contributed by atoms with Crippen LogP contribution in [0, 0.1) is 5.41 Å². The molecule has 1 saturated carbocycles. The van der Waals surface area contributed by atoms with Gasteiger partial charge >= 0.3 is 0 Å². The number of morpholine rings is 1. The maximum Gasteiger partial charge on any atom is 0.0810 e. The highest BCUT2D eigenvalue weighted by molar-refractivity contribution is 4.93. The lowest BCUT2D eigenvalue weighted by Crippen LogP contribution is -2.53. The van der Waals surface area contributed by atoms with Gasteiger partial charge in [-0.05, 0) is 37.5 Å². The summed E-state index contributed by atoms with van der Waals surface area (Å²) in [6.07, 6.45) is 8.06. The van der Waals surface area contributed by atoms with Crippen molar-refractivity contribution in [3.05, 3.63) is 0 Å². The first kappa shape index (κ1) is 12.4. The Labute approximate surface area is 100 Å². The Bertz CT molecular complexity index is 239. The lowest BCUT2D eigenvalue weighted by Gasteiger charge is -2.41. The van der Waals surface area contributed by atoms with E-state index in [1.54, 1.807) is 0 Å². The third kappa shape index (κ3) is 2.78. The predicted octanol–water partition coefficient (Wildman–Crippen LogP) is 3.11. The fourth-order valence-electron chi connectivity index (χ4n) is 3.13.